The van der Waals surface area contributed by atoms with Gasteiger partial charge < -0.3 is 24.0 Å². The van der Waals surface area contributed by atoms with Crippen LogP contribution in [0.15, 0.2) is 38.2 Å². The first-order valence-electron chi connectivity index (χ1n) is 4.87. The summed E-state index contributed by atoms with van der Waals surface area (Å²) in [5, 5.41) is 3.04. The van der Waals surface area contributed by atoms with E-state index < -0.39 is 0 Å². The highest BCUT2D eigenvalue weighted by molar-refractivity contribution is 14.1. The van der Waals surface area contributed by atoms with Crippen LogP contribution in [-0.4, -0.2) is 42.9 Å². The second-order valence-electron chi connectivity index (χ2n) is 3.05. The molecule has 0 amide bonds. The van der Waals surface area contributed by atoms with E-state index in [1.165, 1.54) is 0 Å². The van der Waals surface area contributed by atoms with Gasteiger partial charge in [-0.25, -0.2) is 15.3 Å². The van der Waals surface area contributed by atoms with Crippen molar-refractivity contribution in [3.8, 4) is 0 Å². The topological polar surface area (TPSA) is 53.7 Å². The monoisotopic (exact) mass is 470 g/mol. The smallest absolute Gasteiger partial charge is 0.294 e. The lowest BCUT2D eigenvalue weighted by atomic mass is 10.3. The number of hydrogen-bond donors (Lipinski definition) is 2. The maximum atomic E-state index is 4.12. The Hall–Kier alpha value is -0.800. The zero-order valence-corrected chi connectivity index (χ0v) is 14.4. The van der Waals surface area contributed by atoms with Gasteiger partial charge >= 0.3 is 0 Å². The molecule has 0 radical (unpaired) electrons. The minimum atomic E-state index is 0. The van der Waals surface area contributed by atoms with Gasteiger partial charge in [0.15, 0.2) is 17.8 Å². The lowest BCUT2D eigenvalue weighted by Crippen LogP contribution is -3.00. The molecule has 1 heterocycles. The Bertz CT molecular complexity index is 494. The van der Waals surface area contributed by atoms with Gasteiger partial charge in [0, 0.05) is 29.6 Å². The molecule has 1 aliphatic rings. The molecule has 5 nitrogen and oxygen atoms in total. The van der Waals surface area contributed by atoms with Crippen molar-refractivity contribution < 1.29 is 33.5 Å². The largest absolute Gasteiger partial charge is 1.00 e. The standard InChI is InChI=1S/C11H13IN5.HI/c1-4-15-11(16-8-13-2)9-7-14-5-6-17(3)10(9)12;/h4-5,7-8H,1H2,2-3H3,(H,13,15,16);1H/q+1;. The summed E-state index contributed by atoms with van der Waals surface area (Å²) in [6.45, 7) is 3.65. The molecule has 1 aliphatic heterocycles. The molecule has 0 aromatic carbocycles. The van der Waals surface area contributed by atoms with Crippen LogP contribution in [0.25, 0.3) is 0 Å². The van der Waals surface area contributed by atoms with E-state index in [0.717, 1.165) is 15.1 Å². The molecule has 0 spiro atoms. The van der Waals surface area contributed by atoms with Gasteiger partial charge in [-0.1, -0.05) is 6.58 Å². The fourth-order valence-corrected chi connectivity index (χ4v) is 1.67. The third-order valence-electron chi connectivity index (χ3n) is 1.90. The van der Waals surface area contributed by atoms with Crippen molar-refractivity contribution in [3.05, 3.63) is 28.3 Å². The molecule has 2 N–H and O–H groups in total. The van der Waals surface area contributed by atoms with E-state index in [-0.39, 0.29) is 24.0 Å². The van der Waals surface area contributed by atoms with Crippen molar-refractivity contribution in [2.75, 3.05) is 14.1 Å². The van der Waals surface area contributed by atoms with Crippen molar-refractivity contribution in [1.29, 1.82) is 0 Å². The highest BCUT2D eigenvalue weighted by atomic mass is 127. The SMILES string of the molecule is C=C[NH+]=C(NC=NC)C1=C(I)[N+](C)=C=CN=C1.[I-]. The summed E-state index contributed by atoms with van der Waals surface area (Å²) in [5.41, 5.74) is 0.911. The summed E-state index contributed by atoms with van der Waals surface area (Å²) >= 11 is 2.23. The van der Waals surface area contributed by atoms with Crippen LogP contribution in [-0.2, 0) is 0 Å². The number of halogens is 2. The Morgan fingerprint density at radius 2 is 2.44 bits per heavy atom. The molecule has 0 bridgehead atoms. The first-order valence-corrected chi connectivity index (χ1v) is 5.95. The maximum absolute atomic E-state index is 4.12. The first-order chi connectivity index (χ1) is 8.20. The normalized spacial score (nSPS) is 15.3. The Morgan fingerprint density at radius 1 is 1.72 bits per heavy atom. The summed E-state index contributed by atoms with van der Waals surface area (Å²) in [7, 11) is 3.60. The molecular formula is C11H14I2N5+. The molecule has 0 saturated carbocycles. The Kier molecular flexibility index (Phi) is 8.77. The van der Waals surface area contributed by atoms with Crippen LogP contribution in [0.3, 0.4) is 0 Å². The van der Waals surface area contributed by atoms with Gasteiger partial charge in [0.2, 0.25) is 0 Å². The summed E-state index contributed by atoms with van der Waals surface area (Å²) in [4.78, 5) is 11.0. The molecule has 0 atom stereocenters. The molecule has 96 valence electrons. The fourth-order valence-electron chi connectivity index (χ4n) is 1.12. The molecule has 7 heteroatoms. The van der Waals surface area contributed by atoms with Crippen LogP contribution in [0.2, 0.25) is 0 Å². The molecule has 0 saturated heterocycles. The summed E-state index contributed by atoms with van der Waals surface area (Å²) in [6.07, 6.45) is 6.56. The second kappa shape index (κ2) is 9.17. The number of rotatable bonds is 3. The Labute approximate surface area is 137 Å². The number of nitrogens with one attached hydrogen (secondary N) is 2. The lowest BCUT2D eigenvalue weighted by molar-refractivity contribution is -0.419. The molecule has 0 aliphatic carbocycles. The highest BCUT2D eigenvalue weighted by Crippen LogP contribution is 2.12. The molecular weight excluding hydrogens is 456 g/mol. The van der Waals surface area contributed by atoms with E-state index in [1.54, 1.807) is 32.0 Å². The third kappa shape index (κ3) is 4.83. The van der Waals surface area contributed by atoms with Gasteiger partial charge in [0.1, 0.15) is 13.2 Å². The van der Waals surface area contributed by atoms with Crippen molar-refractivity contribution in [3.63, 3.8) is 0 Å². The minimum Gasteiger partial charge on any atom is -1.00 e. The summed E-state index contributed by atoms with van der Waals surface area (Å²) in [5.74, 6) is 3.76. The number of aliphatic imine (C=N–C) groups is 2. The first kappa shape index (κ1) is 17.2. The van der Waals surface area contributed by atoms with Gasteiger partial charge in [0.25, 0.3) is 9.54 Å². The lowest BCUT2D eigenvalue weighted by Gasteiger charge is -1.98. The Morgan fingerprint density at radius 3 is 3.06 bits per heavy atom. The predicted molar refractivity (Wildman–Crippen MR) is 79.0 cm³/mol. The zero-order chi connectivity index (χ0) is 12.7. The van der Waals surface area contributed by atoms with Crippen molar-refractivity contribution in [2.24, 2.45) is 9.98 Å². The van der Waals surface area contributed by atoms with Gasteiger partial charge in [-0.2, -0.15) is 0 Å². The van der Waals surface area contributed by atoms with Crippen LogP contribution in [0.5, 0.6) is 0 Å². The van der Waals surface area contributed by atoms with Gasteiger partial charge in [-0.05, 0) is 0 Å². The number of hydrogen-bond acceptors (Lipinski definition) is 2. The molecule has 0 aromatic heterocycles. The van der Waals surface area contributed by atoms with Gasteiger partial charge in [0.05, 0.1) is 12.4 Å². The maximum Gasteiger partial charge on any atom is 0.294 e. The molecule has 0 unspecified atom stereocenters. The zero-order valence-electron chi connectivity index (χ0n) is 10.1. The second-order valence-corrected chi connectivity index (χ2v) is 4.08. The fraction of sp³-hybridized carbons (Fsp3) is 0.182. The van der Waals surface area contributed by atoms with Crippen molar-refractivity contribution >= 4 is 46.8 Å². The summed E-state index contributed by atoms with van der Waals surface area (Å²) < 4.78 is 2.85. The Balaban J connectivity index is 0.00000289. The summed E-state index contributed by atoms with van der Waals surface area (Å²) in [6, 6.07) is 0. The van der Waals surface area contributed by atoms with Crippen molar-refractivity contribution in [1.82, 2.24) is 5.32 Å². The molecule has 1 rings (SSSR count). The van der Waals surface area contributed by atoms with E-state index in [2.05, 4.69) is 55.3 Å². The van der Waals surface area contributed by atoms with E-state index in [9.17, 15) is 0 Å². The minimum absolute atomic E-state index is 0. The predicted octanol–water partition coefficient (Wildman–Crippen LogP) is -3.58. The van der Waals surface area contributed by atoms with Gasteiger partial charge in [-0.15, -0.1) is 4.58 Å². The molecule has 0 aromatic rings. The number of amidine groups is 1. The van der Waals surface area contributed by atoms with Crippen LogP contribution in [0.4, 0.5) is 0 Å². The van der Waals surface area contributed by atoms with Gasteiger partial charge in [-0.3, -0.25) is 4.99 Å². The highest BCUT2D eigenvalue weighted by Gasteiger charge is 2.21. The molecule has 0 fully saturated rings. The van der Waals surface area contributed by atoms with Crippen LogP contribution in [0.1, 0.15) is 0 Å². The molecule has 18 heavy (non-hydrogen) atoms. The quantitative estimate of drug-likeness (QED) is 0.145. The van der Waals surface area contributed by atoms with Crippen molar-refractivity contribution in [2.45, 2.75) is 0 Å². The van der Waals surface area contributed by atoms with E-state index in [4.69, 9.17) is 0 Å². The van der Waals surface area contributed by atoms with E-state index in [0.29, 0.717) is 0 Å². The van der Waals surface area contributed by atoms with Crippen LogP contribution >= 0.6 is 22.6 Å². The van der Waals surface area contributed by atoms with Crippen LogP contribution < -0.4 is 34.3 Å². The average Bonchev–Trinajstić information content (AvgIpc) is 2.49. The van der Waals surface area contributed by atoms with E-state index >= 15 is 0 Å². The van der Waals surface area contributed by atoms with Crippen LogP contribution in [0, 0.1) is 0 Å². The third-order valence-corrected chi connectivity index (χ3v) is 3.20. The average molecular weight is 470 g/mol. The number of nitrogens with zero attached hydrogens (tertiary/aromatic N) is 3. The van der Waals surface area contributed by atoms with E-state index in [1.807, 2.05) is 11.6 Å².